The zero-order valence-corrected chi connectivity index (χ0v) is 4.63. The Bertz CT molecular complexity index is 10.8. The van der Waals surface area contributed by atoms with E-state index >= 15 is 0 Å². The van der Waals surface area contributed by atoms with Gasteiger partial charge in [0.15, 0.2) is 0 Å². The molecule has 0 saturated carbocycles. The Morgan fingerprint density at radius 1 is 1.50 bits per heavy atom. The minimum Gasteiger partial charge on any atom is -0.177 e. The lowest BCUT2D eigenvalue weighted by molar-refractivity contribution is 0.779. The first-order valence-corrected chi connectivity index (χ1v) is 4.42. The van der Waals surface area contributed by atoms with Crippen LogP contribution in [0.4, 0.5) is 8.39 Å². The quantitative estimate of drug-likeness (QED) is 0.412. The maximum absolute atomic E-state index is 10.4. The van der Waals surface area contributed by atoms with Crippen LogP contribution in [0.3, 0.4) is 0 Å². The molecular formula is F2IP. The van der Waals surface area contributed by atoms with Crippen molar-refractivity contribution in [1.29, 1.82) is 0 Å². The van der Waals surface area contributed by atoms with Crippen LogP contribution in [0.1, 0.15) is 0 Å². The number of hydrogen-bond donors (Lipinski definition) is 0. The molecule has 0 aliphatic carbocycles. The third-order valence-corrected chi connectivity index (χ3v) is 0. The first kappa shape index (κ1) is 5.02. The van der Waals surface area contributed by atoms with Crippen molar-refractivity contribution in [2.45, 2.75) is 0 Å². The molecule has 0 atom stereocenters. The van der Waals surface area contributed by atoms with Crippen molar-refractivity contribution in [2.75, 3.05) is 0 Å². The Morgan fingerprint density at radius 3 is 1.50 bits per heavy atom. The monoisotopic (exact) mass is 196 g/mol. The highest BCUT2D eigenvalue weighted by Crippen LogP contribution is 2.47. The third kappa shape index (κ3) is 11.8. The molecule has 0 unspecified atom stereocenters. The average molecular weight is 196 g/mol. The summed E-state index contributed by atoms with van der Waals surface area (Å²) >= 11 is 1.07. The van der Waals surface area contributed by atoms with E-state index in [1.807, 2.05) is 0 Å². The lowest BCUT2D eigenvalue weighted by Gasteiger charge is -1.64. The fourth-order valence-electron chi connectivity index (χ4n) is 0. The smallest absolute Gasteiger partial charge is 0.177 e. The van der Waals surface area contributed by atoms with Crippen LogP contribution >= 0.6 is 28.2 Å². The van der Waals surface area contributed by atoms with Gasteiger partial charge in [-0.2, -0.15) is 8.39 Å². The van der Waals surface area contributed by atoms with Crippen molar-refractivity contribution in [3.8, 4) is 0 Å². The van der Waals surface area contributed by atoms with E-state index < -0.39 is 6.19 Å². The second kappa shape index (κ2) is 2.27. The topological polar surface area (TPSA) is 0 Å². The van der Waals surface area contributed by atoms with Crippen LogP contribution in [-0.4, -0.2) is 0 Å². The molecule has 0 aromatic heterocycles. The average Bonchev–Trinajstić information content (AvgIpc) is 0.811. The molecule has 0 aliphatic rings. The fourth-order valence-corrected chi connectivity index (χ4v) is 0. The van der Waals surface area contributed by atoms with E-state index in [0.717, 1.165) is 22.0 Å². The first-order valence-electron chi connectivity index (χ1n) is 0.507. The van der Waals surface area contributed by atoms with Crippen molar-refractivity contribution in [1.82, 2.24) is 0 Å². The SMILES string of the molecule is FP(F)I. The van der Waals surface area contributed by atoms with E-state index in [1.54, 1.807) is 0 Å². The largest absolute Gasteiger partial charge is 0.328 e. The maximum atomic E-state index is 10.4. The highest BCUT2D eigenvalue weighted by molar-refractivity contribution is 14.2. The predicted molar refractivity (Wildman–Crippen MR) is 23.2 cm³/mol. The lowest BCUT2D eigenvalue weighted by atomic mass is 18.8. The standard InChI is InChI=1S/F2IP/c1-4(2)3. The van der Waals surface area contributed by atoms with Crippen LogP contribution < -0.4 is 0 Å². The van der Waals surface area contributed by atoms with Crippen LogP contribution in [0.2, 0.25) is 0 Å². The van der Waals surface area contributed by atoms with Gasteiger partial charge >= 0.3 is 6.19 Å². The van der Waals surface area contributed by atoms with Gasteiger partial charge in [-0.05, 0) is 0 Å². The van der Waals surface area contributed by atoms with Gasteiger partial charge in [0.25, 0.3) is 0 Å². The molecule has 0 bridgehead atoms. The summed E-state index contributed by atoms with van der Waals surface area (Å²) in [6, 6.07) is 0. The van der Waals surface area contributed by atoms with E-state index in [1.165, 1.54) is 0 Å². The normalized spacial score (nSPS) is 9.00. The molecule has 0 rings (SSSR count). The lowest BCUT2D eigenvalue weighted by Crippen LogP contribution is -1.03. The molecule has 0 N–H and O–H groups in total. The van der Waals surface area contributed by atoms with Crippen LogP contribution in [-0.2, 0) is 0 Å². The number of hydrogen-bond acceptors (Lipinski definition) is 0. The highest BCUT2D eigenvalue weighted by Gasteiger charge is 1.86. The minimum atomic E-state index is -2.65. The van der Waals surface area contributed by atoms with E-state index in [0.29, 0.717) is 0 Å². The molecule has 0 heterocycles. The Labute approximate surface area is 37.1 Å². The minimum absolute atomic E-state index is 1.07. The molecule has 0 aromatic carbocycles. The van der Waals surface area contributed by atoms with E-state index in [2.05, 4.69) is 0 Å². The van der Waals surface area contributed by atoms with Crippen molar-refractivity contribution >= 4 is 28.2 Å². The van der Waals surface area contributed by atoms with Gasteiger partial charge in [0.05, 0.1) is 0 Å². The summed E-state index contributed by atoms with van der Waals surface area (Å²) in [4.78, 5) is 0. The van der Waals surface area contributed by atoms with E-state index in [-0.39, 0.29) is 0 Å². The molecule has 26 valence electrons. The summed E-state index contributed by atoms with van der Waals surface area (Å²) in [6.07, 6.45) is -2.65. The second-order valence-electron chi connectivity index (χ2n) is 0.192. The highest BCUT2D eigenvalue weighted by atomic mass is 127. The molecule has 4 heteroatoms. The van der Waals surface area contributed by atoms with Crippen molar-refractivity contribution in [3.63, 3.8) is 0 Å². The molecule has 0 amide bonds. The van der Waals surface area contributed by atoms with Crippen molar-refractivity contribution in [2.24, 2.45) is 0 Å². The molecule has 0 nitrogen and oxygen atoms in total. The maximum Gasteiger partial charge on any atom is 0.328 e. The van der Waals surface area contributed by atoms with Gasteiger partial charge < -0.3 is 0 Å². The summed E-state index contributed by atoms with van der Waals surface area (Å²) < 4.78 is 20.8. The summed E-state index contributed by atoms with van der Waals surface area (Å²) in [5, 5.41) is 0. The van der Waals surface area contributed by atoms with Crippen LogP contribution in [0.15, 0.2) is 0 Å². The van der Waals surface area contributed by atoms with Gasteiger partial charge in [0.1, 0.15) is 0 Å². The summed E-state index contributed by atoms with van der Waals surface area (Å²) in [5.41, 5.74) is 0. The van der Waals surface area contributed by atoms with Gasteiger partial charge in [-0.15, -0.1) is 0 Å². The van der Waals surface area contributed by atoms with Crippen LogP contribution in [0.5, 0.6) is 0 Å². The van der Waals surface area contributed by atoms with Gasteiger partial charge in [-0.3, -0.25) is 0 Å². The molecular weight excluding hydrogens is 196 g/mol. The summed E-state index contributed by atoms with van der Waals surface area (Å²) in [5.74, 6) is 0. The zero-order chi connectivity index (χ0) is 3.58. The van der Waals surface area contributed by atoms with E-state index in [9.17, 15) is 8.39 Å². The summed E-state index contributed by atoms with van der Waals surface area (Å²) in [7, 11) is 0. The molecule has 0 fully saturated rings. The van der Waals surface area contributed by atoms with Gasteiger partial charge in [0.2, 0.25) is 0 Å². The Morgan fingerprint density at radius 2 is 1.50 bits per heavy atom. The molecule has 4 heavy (non-hydrogen) atoms. The molecule has 0 radical (unpaired) electrons. The molecule has 0 aromatic rings. The van der Waals surface area contributed by atoms with Gasteiger partial charge in [-0.1, -0.05) is 0 Å². The van der Waals surface area contributed by atoms with Gasteiger partial charge in [-0.25, -0.2) is 0 Å². The Kier molecular flexibility index (Phi) is 2.85. The number of halogens is 3. The van der Waals surface area contributed by atoms with E-state index in [4.69, 9.17) is 0 Å². The Balaban J connectivity index is 2.32. The number of rotatable bonds is 0. The predicted octanol–water partition coefficient (Wildman–Crippen LogP) is 2.59. The van der Waals surface area contributed by atoms with Crippen LogP contribution in [0.25, 0.3) is 0 Å². The molecule has 0 spiro atoms. The van der Waals surface area contributed by atoms with Crippen molar-refractivity contribution in [3.05, 3.63) is 0 Å². The van der Waals surface area contributed by atoms with Crippen LogP contribution in [0, 0.1) is 0 Å². The molecule has 0 saturated heterocycles. The third-order valence-electron chi connectivity index (χ3n) is 0. The molecule has 0 aliphatic heterocycles. The van der Waals surface area contributed by atoms with Gasteiger partial charge in [0, 0.05) is 22.0 Å². The Hall–Kier alpha value is 1.02. The zero-order valence-electron chi connectivity index (χ0n) is 1.58. The van der Waals surface area contributed by atoms with Crippen molar-refractivity contribution < 1.29 is 8.39 Å². The summed E-state index contributed by atoms with van der Waals surface area (Å²) in [6.45, 7) is 0. The fraction of sp³-hybridized carbons (Fsp3) is 0. The second-order valence-corrected chi connectivity index (χ2v) is 2.76. The first-order chi connectivity index (χ1) is 1.73.